The van der Waals surface area contributed by atoms with Crippen molar-refractivity contribution in [3.63, 3.8) is 0 Å². The van der Waals surface area contributed by atoms with Crippen molar-refractivity contribution in [1.29, 1.82) is 0 Å². The van der Waals surface area contributed by atoms with Crippen LogP contribution in [-0.4, -0.2) is 45.7 Å². The molecule has 0 spiro atoms. The zero-order chi connectivity index (χ0) is 20.2. The molecule has 1 fully saturated rings. The van der Waals surface area contributed by atoms with E-state index in [-0.39, 0.29) is 11.9 Å². The summed E-state index contributed by atoms with van der Waals surface area (Å²) in [6, 6.07) is 17.9. The number of carbonyl (C=O) groups is 1. The molecule has 1 atom stereocenters. The molecule has 0 saturated carbocycles. The summed E-state index contributed by atoms with van der Waals surface area (Å²) in [6.45, 7) is 6.21. The Kier molecular flexibility index (Phi) is 5.71. The number of ether oxygens (including phenoxy) is 1. The van der Waals surface area contributed by atoms with E-state index >= 15 is 0 Å². The number of rotatable bonds is 6. The number of methoxy groups -OCH3 is 1. The Morgan fingerprint density at radius 2 is 1.90 bits per heavy atom. The van der Waals surface area contributed by atoms with Gasteiger partial charge in [0.25, 0.3) is 5.91 Å². The van der Waals surface area contributed by atoms with Crippen LogP contribution in [0.1, 0.15) is 18.7 Å². The van der Waals surface area contributed by atoms with E-state index in [0.29, 0.717) is 6.54 Å². The van der Waals surface area contributed by atoms with E-state index in [9.17, 15) is 4.79 Å². The second-order valence-corrected chi connectivity index (χ2v) is 7.59. The number of fused-ring (bicyclic) bond motifs is 1. The SMILES string of the molecule is COc1ccc(N2CC[NH+](CC(=O)N[C@H](C)c3cc4ccccc4o3)CC2)cc1. The monoisotopic (exact) mass is 394 g/mol. The van der Waals surface area contributed by atoms with Gasteiger partial charge in [-0.15, -0.1) is 0 Å². The average Bonchev–Trinajstić information content (AvgIpc) is 3.19. The van der Waals surface area contributed by atoms with Crippen LogP contribution in [0.2, 0.25) is 0 Å². The second kappa shape index (κ2) is 8.57. The van der Waals surface area contributed by atoms with Crippen LogP contribution >= 0.6 is 0 Å². The molecule has 6 nitrogen and oxygen atoms in total. The van der Waals surface area contributed by atoms with E-state index in [4.69, 9.17) is 9.15 Å². The number of quaternary nitrogens is 1. The van der Waals surface area contributed by atoms with Gasteiger partial charge in [-0.1, -0.05) is 18.2 Å². The molecule has 1 aliphatic rings. The van der Waals surface area contributed by atoms with Crippen molar-refractivity contribution in [1.82, 2.24) is 5.32 Å². The third kappa shape index (κ3) is 4.54. The molecule has 6 heteroatoms. The molecule has 0 radical (unpaired) electrons. The van der Waals surface area contributed by atoms with Crippen LogP contribution in [0.3, 0.4) is 0 Å². The third-order valence-corrected chi connectivity index (χ3v) is 5.57. The average molecular weight is 394 g/mol. The highest BCUT2D eigenvalue weighted by atomic mass is 16.5. The Morgan fingerprint density at radius 1 is 1.17 bits per heavy atom. The summed E-state index contributed by atoms with van der Waals surface area (Å²) in [5, 5.41) is 4.14. The topological polar surface area (TPSA) is 59.2 Å². The van der Waals surface area contributed by atoms with Gasteiger partial charge in [-0.25, -0.2) is 0 Å². The number of piperazine rings is 1. The minimum Gasteiger partial charge on any atom is -0.497 e. The van der Waals surface area contributed by atoms with Crippen molar-refractivity contribution in [2.45, 2.75) is 13.0 Å². The molecule has 0 unspecified atom stereocenters. The molecule has 4 rings (SSSR count). The van der Waals surface area contributed by atoms with Gasteiger partial charge in [-0.2, -0.15) is 0 Å². The zero-order valence-electron chi connectivity index (χ0n) is 17.0. The quantitative estimate of drug-likeness (QED) is 0.672. The molecule has 1 saturated heterocycles. The fraction of sp³-hybridized carbons (Fsp3) is 0.348. The summed E-state index contributed by atoms with van der Waals surface area (Å²) in [7, 11) is 1.68. The highest BCUT2D eigenvalue weighted by molar-refractivity contribution is 5.79. The summed E-state index contributed by atoms with van der Waals surface area (Å²) in [4.78, 5) is 16.2. The zero-order valence-corrected chi connectivity index (χ0v) is 17.0. The van der Waals surface area contributed by atoms with Gasteiger partial charge in [0.2, 0.25) is 0 Å². The first-order chi connectivity index (χ1) is 14.1. The number of nitrogens with zero attached hydrogens (tertiary/aromatic N) is 1. The molecule has 152 valence electrons. The van der Waals surface area contributed by atoms with E-state index in [1.807, 2.05) is 49.4 Å². The van der Waals surface area contributed by atoms with Crippen LogP contribution in [0.4, 0.5) is 5.69 Å². The Labute approximate surface area is 171 Å². The minimum absolute atomic E-state index is 0.0610. The fourth-order valence-electron chi connectivity index (χ4n) is 3.86. The van der Waals surface area contributed by atoms with E-state index in [2.05, 4.69) is 22.3 Å². The molecule has 0 aliphatic carbocycles. The molecule has 1 amide bonds. The van der Waals surface area contributed by atoms with Gasteiger partial charge in [-0.05, 0) is 43.3 Å². The van der Waals surface area contributed by atoms with Crippen LogP contribution in [0, 0.1) is 0 Å². The number of hydrogen-bond acceptors (Lipinski definition) is 4. The maximum absolute atomic E-state index is 12.5. The van der Waals surface area contributed by atoms with E-state index in [0.717, 1.165) is 48.7 Å². The van der Waals surface area contributed by atoms with E-state index in [1.54, 1.807) is 7.11 Å². The summed E-state index contributed by atoms with van der Waals surface area (Å²) in [6.07, 6.45) is 0. The van der Waals surface area contributed by atoms with Crippen molar-refractivity contribution in [3.8, 4) is 5.75 Å². The lowest BCUT2D eigenvalue weighted by Gasteiger charge is -2.33. The Balaban J connectivity index is 1.27. The number of amides is 1. The van der Waals surface area contributed by atoms with Crippen LogP contribution in [0.5, 0.6) is 5.75 Å². The number of nitrogens with one attached hydrogen (secondary N) is 2. The number of para-hydroxylation sites is 1. The lowest BCUT2D eigenvalue weighted by Crippen LogP contribution is -3.15. The molecular formula is C23H28N3O3+. The first kappa shape index (κ1) is 19.3. The van der Waals surface area contributed by atoms with Gasteiger partial charge in [0.05, 0.1) is 39.3 Å². The van der Waals surface area contributed by atoms with E-state index in [1.165, 1.54) is 10.6 Å². The summed E-state index contributed by atoms with van der Waals surface area (Å²) < 4.78 is 11.1. The van der Waals surface area contributed by atoms with Crippen molar-refractivity contribution in [3.05, 3.63) is 60.4 Å². The molecule has 0 bridgehead atoms. The molecule has 2 aromatic carbocycles. The van der Waals surface area contributed by atoms with Gasteiger partial charge in [0, 0.05) is 11.1 Å². The van der Waals surface area contributed by atoms with Crippen molar-refractivity contribution >= 4 is 22.6 Å². The number of carbonyl (C=O) groups excluding carboxylic acids is 1. The van der Waals surface area contributed by atoms with Crippen molar-refractivity contribution in [2.75, 3.05) is 44.7 Å². The molecular weight excluding hydrogens is 366 g/mol. The van der Waals surface area contributed by atoms with Gasteiger partial charge in [0.15, 0.2) is 6.54 Å². The highest BCUT2D eigenvalue weighted by Crippen LogP contribution is 2.23. The van der Waals surface area contributed by atoms with Gasteiger partial charge < -0.3 is 24.3 Å². The molecule has 1 aliphatic heterocycles. The number of hydrogen-bond donors (Lipinski definition) is 2. The van der Waals surface area contributed by atoms with Gasteiger partial charge >= 0.3 is 0 Å². The number of benzene rings is 2. The van der Waals surface area contributed by atoms with Gasteiger partial charge in [-0.3, -0.25) is 4.79 Å². The van der Waals surface area contributed by atoms with Crippen molar-refractivity contribution in [2.24, 2.45) is 0 Å². The second-order valence-electron chi connectivity index (χ2n) is 7.59. The normalized spacial score (nSPS) is 16.0. The highest BCUT2D eigenvalue weighted by Gasteiger charge is 2.23. The van der Waals surface area contributed by atoms with Crippen LogP contribution in [0.15, 0.2) is 59.0 Å². The Morgan fingerprint density at radius 3 is 2.59 bits per heavy atom. The van der Waals surface area contributed by atoms with Gasteiger partial charge in [0.1, 0.15) is 17.1 Å². The Hall–Kier alpha value is -2.99. The molecule has 1 aromatic heterocycles. The van der Waals surface area contributed by atoms with Crippen LogP contribution in [-0.2, 0) is 4.79 Å². The smallest absolute Gasteiger partial charge is 0.275 e. The maximum Gasteiger partial charge on any atom is 0.275 e. The lowest BCUT2D eigenvalue weighted by atomic mass is 10.2. The predicted molar refractivity (Wildman–Crippen MR) is 114 cm³/mol. The third-order valence-electron chi connectivity index (χ3n) is 5.57. The molecule has 2 N–H and O–H groups in total. The summed E-state index contributed by atoms with van der Waals surface area (Å²) >= 11 is 0. The van der Waals surface area contributed by atoms with E-state index < -0.39 is 0 Å². The first-order valence-electron chi connectivity index (χ1n) is 10.1. The number of anilines is 1. The van der Waals surface area contributed by atoms with Crippen molar-refractivity contribution < 1.29 is 18.8 Å². The van der Waals surface area contributed by atoms with Crippen LogP contribution < -0.4 is 19.9 Å². The molecule has 2 heterocycles. The molecule has 3 aromatic rings. The first-order valence-corrected chi connectivity index (χ1v) is 10.1. The molecule has 29 heavy (non-hydrogen) atoms. The predicted octanol–water partition coefficient (Wildman–Crippen LogP) is 2.02. The largest absolute Gasteiger partial charge is 0.497 e. The summed E-state index contributed by atoms with van der Waals surface area (Å²) in [5.74, 6) is 1.72. The lowest BCUT2D eigenvalue weighted by molar-refractivity contribution is -0.892. The Bertz CT molecular complexity index is 926. The summed E-state index contributed by atoms with van der Waals surface area (Å²) in [5.41, 5.74) is 2.05. The standard InChI is InChI=1S/C23H27N3O3/c1-17(22-15-18-5-3-4-6-21(18)29-22)24-23(27)16-25-11-13-26(14-12-25)19-7-9-20(28-2)10-8-19/h3-10,15,17H,11-14,16H2,1-2H3,(H,24,27)/p+1/t17-/m1/s1. The minimum atomic E-state index is -0.144. The number of furan rings is 1. The fourth-order valence-corrected chi connectivity index (χ4v) is 3.86. The van der Waals surface area contributed by atoms with Crippen LogP contribution in [0.25, 0.3) is 11.0 Å². The maximum atomic E-state index is 12.5.